The van der Waals surface area contributed by atoms with Crippen LogP contribution in [0.4, 0.5) is 17.1 Å². The summed E-state index contributed by atoms with van der Waals surface area (Å²) < 4.78 is 84.2. The molecule has 1 heterocycles. The second-order valence-electron chi connectivity index (χ2n) is 14.6. The zero-order chi connectivity index (χ0) is 46.8. The Labute approximate surface area is 361 Å². The van der Waals surface area contributed by atoms with Crippen molar-refractivity contribution in [1.82, 2.24) is 0 Å². The number of hydrogen-bond acceptors (Lipinski definition) is 2. The molecule has 0 N–H and O–H groups in total. The van der Waals surface area contributed by atoms with Crippen molar-refractivity contribution in [3.63, 3.8) is 0 Å². The van der Waals surface area contributed by atoms with Gasteiger partial charge < -0.3 is 9.32 Å². The van der Waals surface area contributed by atoms with E-state index in [2.05, 4.69) is 0 Å². The zero-order valence-corrected chi connectivity index (χ0v) is 32.3. The van der Waals surface area contributed by atoms with Crippen molar-refractivity contribution >= 4 is 49.8 Å². The molecule has 0 aliphatic carbocycles. The summed E-state index contributed by atoms with van der Waals surface area (Å²) in [6.07, 6.45) is 0. The van der Waals surface area contributed by atoms with Gasteiger partial charge in [0.2, 0.25) is 0 Å². The fourth-order valence-electron chi connectivity index (χ4n) is 8.12. The van der Waals surface area contributed by atoms with Crippen molar-refractivity contribution in [3.8, 4) is 55.6 Å². The van der Waals surface area contributed by atoms with E-state index in [1.165, 1.54) is 4.90 Å². The zero-order valence-electron chi connectivity index (χ0n) is 40.3. The summed E-state index contributed by atoms with van der Waals surface area (Å²) in [5.41, 5.74) is 7.14. The van der Waals surface area contributed by atoms with Crippen LogP contribution in [0.3, 0.4) is 0 Å². The molecule has 0 radical (unpaired) electrons. The second kappa shape index (κ2) is 15.1. The molecule has 11 aromatic rings. The number of anilines is 3. The first-order valence-corrected chi connectivity index (χ1v) is 19.9. The molecule has 0 aliphatic heterocycles. The Morgan fingerprint density at radius 3 is 1.45 bits per heavy atom. The molecule has 0 saturated carbocycles. The summed E-state index contributed by atoms with van der Waals surface area (Å²) in [6, 6.07) is 56.2. The Hall–Kier alpha value is -7.94. The lowest BCUT2D eigenvalue weighted by molar-refractivity contribution is 0.673. The van der Waals surface area contributed by atoms with Crippen LogP contribution in [-0.4, -0.2) is 0 Å². The Balaban J connectivity index is 1.18. The van der Waals surface area contributed by atoms with Gasteiger partial charge in [-0.15, -0.1) is 0 Å². The van der Waals surface area contributed by atoms with Gasteiger partial charge in [-0.2, -0.15) is 0 Å². The Morgan fingerprint density at radius 2 is 0.833 bits per heavy atom. The largest absolute Gasteiger partial charge is 0.455 e. The lowest BCUT2D eigenvalue weighted by Crippen LogP contribution is -2.11. The predicted octanol–water partition coefficient (Wildman–Crippen LogP) is 16.5. The normalized spacial score (nSPS) is 13.2. The molecular formula is C58H39NO. The first-order valence-electron chi connectivity index (χ1n) is 23.9. The smallest absolute Gasteiger partial charge is 0.143 e. The summed E-state index contributed by atoms with van der Waals surface area (Å²) in [5.74, 6) is 0. The third-order valence-electron chi connectivity index (χ3n) is 11.0. The molecule has 0 unspecified atom stereocenters. The third kappa shape index (κ3) is 6.41. The highest BCUT2D eigenvalue weighted by molar-refractivity contribution is 6.19. The molecule has 282 valence electrons. The minimum Gasteiger partial charge on any atom is -0.455 e. The van der Waals surface area contributed by atoms with E-state index >= 15 is 0 Å². The van der Waals surface area contributed by atoms with Gasteiger partial charge in [0, 0.05) is 33.1 Å². The molecule has 0 fully saturated rings. The molecule has 11 rings (SSSR count). The second-order valence-corrected chi connectivity index (χ2v) is 14.6. The average molecular weight is 774 g/mol. The average Bonchev–Trinajstić information content (AvgIpc) is 3.78. The lowest BCUT2D eigenvalue weighted by Gasteiger charge is -2.28. The predicted molar refractivity (Wildman–Crippen MR) is 253 cm³/mol. The quantitative estimate of drug-likeness (QED) is 0.153. The number of para-hydroxylation sites is 1. The fraction of sp³-hybridized carbons (Fsp3) is 0. The van der Waals surface area contributed by atoms with E-state index in [1.54, 1.807) is 24.3 Å². The van der Waals surface area contributed by atoms with Crippen LogP contribution in [0.1, 0.15) is 11.0 Å². The summed E-state index contributed by atoms with van der Waals surface area (Å²) in [5, 5.41) is 3.61. The molecule has 2 nitrogen and oxygen atoms in total. The fourth-order valence-corrected chi connectivity index (χ4v) is 8.12. The number of benzene rings is 10. The standard InChI is InChI=1S/C58H39NO/c1-3-14-40(15-4-1)45-19-11-21-47(38-45)42-28-33-49(34-29-42)59(50-35-30-43(31-36-50)48-22-12-20-46(39-48)41-16-5-2-6-17-41)55-26-10-9-24-52(55)53-25-13-27-56-57(53)54-37-32-44-18-7-8-23-51(44)58(54)60-56/h1-39H/i28D,29D,30D,31D,33D,34D,35D,36D. The van der Waals surface area contributed by atoms with Gasteiger partial charge in [-0.05, 0) is 110 Å². The van der Waals surface area contributed by atoms with E-state index < -0.39 is 24.2 Å². The van der Waals surface area contributed by atoms with Crippen LogP contribution in [0.25, 0.3) is 88.3 Å². The summed E-state index contributed by atoms with van der Waals surface area (Å²) in [6.45, 7) is 0. The SMILES string of the molecule is [2H]c1c([2H])c(N(c2ccccc2-c2cccc3oc4c5ccccc5ccc4c23)c2c([2H])c([2H])c(-c3cccc(-c4ccccc4)c3)c([2H])c2[2H])c([2H])c([2H])c1-c1cccc(-c2ccccc2)c1. The highest BCUT2D eigenvalue weighted by atomic mass is 16.3. The maximum absolute atomic E-state index is 9.80. The molecular weight excluding hydrogens is 727 g/mol. The molecule has 0 spiro atoms. The number of rotatable bonds is 8. The van der Waals surface area contributed by atoms with Gasteiger partial charge in [0.05, 0.1) is 16.7 Å². The molecule has 0 saturated heterocycles. The van der Waals surface area contributed by atoms with Crippen molar-refractivity contribution in [2.24, 2.45) is 0 Å². The van der Waals surface area contributed by atoms with Crippen molar-refractivity contribution in [1.29, 1.82) is 0 Å². The van der Waals surface area contributed by atoms with Crippen LogP contribution in [0, 0.1) is 0 Å². The van der Waals surface area contributed by atoms with Gasteiger partial charge >= 0.3 is 0 Å². The van der Waals surface area contributed by atoms with Crippen molar-refractivity contribution in [2.45, 2.75) is 0 Å². The third-order valence-corrected chi connectivity index (χ3v) is 11.0. The Kier molecular flexibility index (Phi) is 6.96. The Bertz CT molecular complexity index is 3590. The van der Waals surface area contributed by atoms with Gasteiger partial charge in [-0.3, -0.25) is 0 Å². The van der Waals surface area contributed by atoms with Crippen LogP contribution < -0.4 is 4.90 Å². The molecule has 0 amide bonds. The van der Waals surface area contributed by atoms with E-state index in [0.717, 1.165) is 43.8 Å². The van der Waals surface area contributed by atoms with E-state index in [-0.39, 0.29) is 46.7 Å². The number of nitrogens with zero attached hydrogens (tertiary/aromatic N) is 1. The van der Waals surface area contributed by atoms with E-state index in [4.69, 9.17) is 4.42 Å². The topological polar surface area (TPSA) is 16.4 Å². The summed E-state index contributed by atoms with van der Waals surface area (Å²) >= 11 is 0. The number of fused-ring (bicyclic) bond motifs is 5. The molecule has 0 bridgehead atoms. The summed E-state index contributed by atoms with van der Waals surface area (Å²) in [4.78, 5) is 1.39. The maximum Gasteiger partial charge on any atom is 0.143 e. The van der Waals surface area contributed by atoms with Gasteiger partial charge in [0.15, 0.2) is 0 Å². The molecule has 60 heavy (non-hydrogen) atoms. The van der Waals surface area contributed by atoms with Crippen LogP contribution in [0.2, 0.25) is 0 Å². The molecule has 2 heteroatoms. The van der Waals surface area contributed by atoms with Gasteiger partial charge in [0.1, 0.15) is 11.2 Å². The van der Waals surface area contributed by atoms with Crippen LogP contribution in [-0.2, 0) is 0 Å². The van der Waals surface area contributed by atoms with Crippen LogP contribution in [0.5, 0.6) is 0 Å². The molecule has 1 aromatic heterocycles. The molecule has 0 atom stereocenters. The minimum absolute atomic E-state index is 0.0878. The highest BCUT2D eigenvalue weighted by Gasteiger charge is 2.21. The van der Waals surface area contributed by atoms with E-state index in [9.17, 15) is 11.0 Å². The molecule has 0 aliphatic rings. The first-order chi connectivity index (χ1) is 33.1. The van der Waals surface area contributed by atoms with E-state index in [0.29, 0.717) is 39.1 Å². The minimum atomic E-state index is -0.421. The van der Waals surface area contributed by atoms with Crippen molar-refractivity contribution in [3.05, 3.63) is 236 Å². The van der Waals surface area contributed by atoms with Crippen molar-refractivity contribution in [2.75, 3.05) is 4.90 Å². The highest BCUT2D eigenvalue weighted by Crippen LogP contribution is 2.46. The van der Waals surface area contributed by atoms with Crippen molar-refractivity contribution < 1.29 is 15.4 Å². The van der Waals surface area contributed by atoms with Gasteiger partial charge in [-0.1, -0.05) is 182 Å². The lowest BCUT2D eigenvalue weighted by atomic mass is 9.95. The Morgan fingerprint density at radius 1 is 0.350 bits per heavy atom. The van der Waals surface area contributed by atoms with Gasteiger partial charge in [0.25, 0.3) is 0 Å². The molecule has 10 aromatic carbocycles. The summed E-state index contributed by atoms with van der Waals surface area (Å²) in [7, 11) is 0. The number of furan rings is 1. The van der Waals surface area contributed by atoms with Crippen LogP contribution >= 0.6 is 0 Å². The monoisotopic (exact) mass is 773 g/mol. The van der Waals surface area contributed by atoms with Crippen LogP contribution in [0.15, 0.2) is 241 Å². The van der Waals surface area contributed by atoms with E-state index in [1.807, 2.05) is 164 Å². The van der Waals surface area contributed by atoms with Gasteiger partial charge in [-0.25, -0.2) is 0 Å². The number of hydrogen-bond donors (Lipinski definition) is 0. The maximum atomic E-state index is 9.80. The first kappa shape index (κ1) is 27.7.